The molecule has 310 valence electrons. The fraction of sp³-hybridized carbons (Fsp3) is 0.614. The molecule has 1 aliphatic heterocycles. The molecule has 2 aromatic carbocycles. The van der Waals surface area contributed by atoms with E-state index in [1.807, 2.05) is 77.1 Å². The van der Waals surface area contributed by atoms with Gasteiger partial charge in [-0.15, -0.1) is 0 Å². The smallest absolute Gasteiger partial charge is 0.407 e. The summed E-state index contributed by atoms with van der Waals surface area (Å²) in [6.45, 7) is 20.8. The van der Waals surface area contributed by atoms with Gasteiger partial charge in [0.1, 0.15) is 17.4 Å². The van der Waals surface area contributed by atoms with E-state index in [-0.39, 0.29) is 40.9 Å². The van der Waals surface area contributed by atoms with E-state index in [0.717, 1.165) is 11.1 Å². The van der Waals surface area contributed by atoms with Gasteiger partial charge < -0.3 is 29.6 Å². The molecule has 3 rings (SSSR count). The third-order valence-electron chi connectivity index (χ3n) is 11.1. The van der Waals surface area contributed by atoms with E-state index in [0.29, 0.717) is 50.8 Å². The number of nitrogens with one attached hydrogen (secondary N) is 2. The van der Waals surface area contributed by atoms with Crippen LogP contribution >= 0.6 is 0 Å². The number of ketones is 1. The van der Waals surface area contributed by atoms with E-state index in [1.54, 1.807) is 31.1 Å². The highest BCUT2D eigenvalue weighted by atomic mass is 28.4. The van der Waals surface area contributed by atoms with E-state index in [2.05, 4.69) is 44.5 Å². The standard InChI is InChI=1S/C44H68N4O7Si/c1-13-30(2)38(41(52)48-25-23-35(49)24-26-48)46-39(50)34(27-32-19-21-33(22-20-32)40(51)47(9)10)29-37(55-56(11,12)44(6,7)8)36(28-31-17-15-14-16-18-31)45-42(53)54-43(3,4)5/h14-22,30,34,36-38H,13,23-29H2,1-12H3,(H,45,53)(H,46,50)/t30-,34+,36-,37-,38-/m0/s1. The molecule has 12 heteroatoms. The Morgan fingerprint density at radius 1 is 0.857 bits per heavy atom. The molecule has 0 aliphatic carbocycles. The van der Waals surface area contributed by atoms with Crippen LogP contribution in [0.5, 0.6) is 0 Å². The Kier molecular flexibility index (Phi) is 16.5. The van der Waals surface area contributed by atoms with E-state index in [1.165, 1.54) is 4.90 Å². The topological polar surface area (TPSA) is 134 Å². The van der Waals surface area contributed by atoms with Crippen LogP contribution in [-0.4, -0.2) is 98.7 Å². The number of likely N-dealkylation sites (tertiary alicyclic amines) is 1. The summed E-state index contributed by atoms with van der Waals surface area (Å²) >= 11 is 0. The number of hydrogen-bond donors (Lipinski definition) is 2. The number of alkyl carbamates (subject to hydrolysis) is 1. The van der Waals surface area contributed by atoms with E-state index < -0.39 is 44.1 Å². The number of carbonyl (C=O) groups is 5. The normalized spacial score (nSPS) is 16.6. The first kappa shape index (κ1) is 46.3. The number of amides is 4. The van der Waals surface area contributed by atoms with Gasteiger partial charge in [0.15, 0.2) is 8.32 Å². The molecule has 56 heavy (non-hydrogen) atoms. The molecule has 1 heterocycles. The van der Waals surface area contributed by atoms with Crippen LogP contribution in [0.1, 0.15) is 103 Å². The monoisotopic (exact) mass is 792 g/mol. The van der Waals surface area contributed by atoms with Gasteiger partial charge in [-0.2, -0.15) is 0 Å². The summed E-state index contributed by atoms with van der Waals surface area (Å²) in [4.78, 5) is 70.3. The van der Waals surface area contributed by atoms with E-state index >= 15 is 0 Å². The Bertz CT molecular complexity index is 1620. The summed E-state index contributed by atoms with van der Waals surface area (Å²) in [5.74, 6) is -1.34. The van der Waals surface area contributed by atoms with Gasteiger partial charge in [0, 0.05) is 51.5 Å². The first-order valence-electron chi connectivity index (χ1n) is 20.1. The molecule has 4 amide bonds. The van der Waals surface area contributed by atoms with Crippen molar-refractivity contribution >= 4 is 37.9 Å². The number of benzene rings is 2. The van der Waals surface area contributed by atoms with Gasteiger partial charge in [0.25, 0.3) is 5.91 Å². The molecule has 0 bridgehead atoms. The van der Waals surface area contributed by atoms with Crippen LogP contribution in [0.15, 0.2) is 54.6 Å². The Labute approximate surface area is 336 Å². The van der Waals surface area contributed by atoms with Gasteiger partial charge in [-0.25, -0.2) is 4.79 Å². The molecule has 0 saturated carbocycles. The van der Waals surface area contributed by atoms with Crippen molar-refractivity contribution in [3.63, 3.8) is 0 Å². The van der Waals surface area contributed by atoms with Crippen molar-refractivity contribution < 1.29 is 33.1 Å². The van der Waals surface area contributed by atoms with Crippen LogP contribution < -0.4 is 10.6 Å². The minimum Gasteiger partial charge on any atom is -0.444 e. The van der Waals surface area contributed by atoms with Crippen molar-refractivity contribution in [1.29, 1.82) is 0 Å². The molecule has 0 aromatic heterocycles. The number of nitrogens with zero attached hydrogens (tertiary/aromatic N) is 2. The van der Waals surface area contributed by atoms with Crippen LogP contribution in [0.25, 0.3) is 0 Å². The lowest BCUT2D eigenvalue weighted by atomic mass is 9.87. The number of rotatable bonds is 16. The second-order valence-corrected chi connectivity index (χ2v) is 22.9. The van der Waals surface area contributed by atoms with Crippen LogP contribution in [0, 0.1) is 11.8 Å². The van der Waals surface area contributed by atoms with Gasteiger partial charge >= 0.3 is 6.09 Å². The molecule has 0 unspecified atom stereocenters. The Morgan fingerprint density at radius 2 is 1.43 bits per heavy atom. The van der Waals surface area contributed by atoms with E-state index in [9.17, 15) is 24.0 Å². The zero-order valence-corrected chi connectivity index (χ0v) is 37.0. The number of ether oxygens (including phenoxy) is 1. The molecule has 2 aromatic rings. The average Bonchev–Trinajstić information content (AvgIpc) is 3.11. The highest BCUT2D eigenvalue weighted by Crippen LogP contribution is 2.39. The molecule has 2 N–H and O–H groups in total. The Hall–Kier alpha value is -4.03. The van der Waals surface area contributed by atoms with Gasteiger partial charge in [0.05, 0.1) is 12.1 Å². The van der Waals surface area contributed by atoms with E-state index in [4.69, 9.17) is 9.16 Å². The number of carbonyl (C=O) groups excluding carboxylic acids is 5. The zero-order valence-electron chi connectivity index (χ0n) is 36.0. The summed E-state index contributed by atoms with van der Waals surface area (Å²) in [6, 6.07) is 15.8. The first-order chi connectivity index (χ1) is 26.0. The molecular weight excluding hydrogens is 725 g/mol. The fourth-order valence-electron chi connectivity index (χ4n) is 6.47. The quantitative estimate of drug-likeness (QED) is 0.172. The van der Waals surface area contributed by atoms with Crippen LogP contribution in [0.4, 0.5) is 4.79 Å². The predicted octanol–water partition coefficient (Wildman–Crippen LogP) is 7.19. The van der Waals surface area contributed by atoms with Crippen molar-refractivity contribution in [3.05, 3.63) is 71.3 Å². The highest BCUT2D eigenvalue weighted by molar-refractivity contribution is 6.74. The summed E-state index contributed by atoms with van der Waals surface area (Å²) in [7, 11) is 0.877. The Morgan fingerprint density at radius 3 is 1.95 bits per heavy atom. The summed E-state index contributed by atoms with van der Waals surface area (Å²) in [5, 5.41) is 6.12. The number of piperidine rings is 1. The van der Waals surface area contributed by atoms with Gasteiger partial charge in [-0.1, -0.05) is 83.5 Å². The maximum Gasteiger partial charge on any atom is 0.407 e. The van der Waals surface area contributed by atoms with Crippen LogP contribution in [0.3, 0.4) is 0 Å². The van der Waals surface area contributed by atoms with Crippen LogP contribution in [-0.2, 0) is 36.4 Å². The zero-order chi connectivity index (χ0) is 42.0. The molecule has 1 saturated heterocycles. The predicted molar refractivity (Wildman–Crippen MR) is 224 cm³/mol. The van der Waals surface area contributed by atoms with Gasteiger partial charge in [-0.3, -0.25) is 19.2 Å². The number of Topliss-reactive ketones (excluding diaryl/α,β-unsaturated/α-hetero) is 1. The summed E-state index contributed by atoms with van der Waals surface area (Å²) < 4.78 is 13.0. The lowest BCUT2D eigenvalue weighted by Gasteiger charge is -2.42. The minimum atomic E-state index is -2.53. The third kappa shape index (κ3) is 13.9. The maximum absolute atomic E-state index is 14.8. The second-order valence-electron chi connectivity index (χ2n) is 18.1. The third-order valence-corrected chi connectivity index (χ3v) is 15.6. The first-order valence-corrected chi connectivity index (χ1v) is 23.0. The molecule has 5 atom stereocenters. The lowest BCUT2D eigenvalue weighted by Crippen LogP contribution is -2.56. The Balaban J connectivity index is 2.13. The summed E-state index contributed by atoms with van der Waals surface area (Å²) in [6.07, 6.45) is 1.02. The van der Waals surface area contributed by atoms with Crippen molar-refractivity contribution in [2.75, 3.05) is 27.2 Å². The molecule has 0 radical (unpaired) electrons. The fourth-order valence-corrected chi connectivity index (χ4v) is 7.84. The highest BCUT2D eigenvalue weighted by Gasteiger charge is 2.43. The van der Waals surface area contributed by atoms with Gasteiger partial charge in [0.2, 0.25) is 11.8 Å². The van der Waals surface area contributed by atoms with Crippen molar-refractivity contribution in [2.24, 2.45) is 11.8 Å². The average molecular weight is 793 g/mol. The number of hydrogen-bond acceptors (Lipinski definition) is 7. The molecular formula is C44H68N4O7Si. The maximum atomic E-state index is 14.8. The molecule has 11 nitrogen and oxygen atoms in total. The lowest BCUT2D eigenvalue weighted by molar-refractivity contribution is -0.141. The second kappa shape index (κ2) is 19.9. The molecule has 1 aliphatic rings. The summed E-state index contributed by atoms with van der Waals surface area (Å²) in [5.41, 5.74) is 1.62. The molecule has 0 spiro atoms. The van der Waals surface area contributed by atoms with Gasteiger partial charge in [-0.05, 0) is 87.3 Å². The van der Waals surface area contributed by atoms with Crippen molar-refractivity contribution in [1.82, 2.24) is 20.4 Å². The minimum absolute atomic E-state index is 0.125. The van der Waals surface area contributed by atoms with Crippen molar-refractivity contribution in [3.8, 4) is 0 Å². The van der Waals surface area contributed by atoms with Crippen molar-refractivity contribution in [2.45, 2.75) is 136 Å². The molecule has 1 fully saturated rings. The van der Waals surface area contributed by atoms with Crippen LogP contribution in [0.2, 0.25) is 18.1 Å². The SMILES string of the molecule is CC[C@H](C)[C@H](NC(=O)[C@H](Cc1ccc(C(=O)N(C)C)cc1)C[C@H](O[Si](C)(C)C(C)(C)C)[C@H](Cc1ccccc1)NC(=O)OC(C)(C)C)C(=O)N1CCC(=O)CC1. The largest absolute Gasteiger partial charge is 0.444 e.